The highest BCUT2D eigenvalue weighted by molar-refractivity contribution is 6.10. The number of hydrogen-bond donors (Lipinski definition) is 0. The molecule has 0 radical (unpaired) electrons. The van der Waals surface area contributed by atoms with E-state index in [1.807, 2.05) is 24.3 Å². The van der Waals surface area contributed by atoms with E-state index in [0.29, 0.717) is 23.4 Å². The molecule has 0 unspecified atom stereocenters. The molecule has 7 heteroatoms. The first-order valence-corrected chi connectivity index (χ1v) is 8.05. The molecule has 3 heterocycles. The Labute approximate surface area is 149 Å². The number of ether oxygens (including phenoxy) is 1. The summed E-state index contributed by atoms with van der Waals surface area (Å²) in [5.41, 5.74) is 2.42. The summed E-state index contributed by atoms with van der Waals surface area (Å²) >= 11 is 0. The summed E-state index contributed by atoms with van der Waals surface area (Å²) in [5, 5.41) is 3.88. The van der Waals surface area contributed by atoms with E-state index >= 15 is 0 Å². The monoisotopic (exact) mass is 349 g/mol. The SMILES string of the molecule is COC(=O)[C@H]1Cc2ccccc2N1C(=O)c1cc(-c2cccnc2)on1. The normalized spacial score (nSPS) is 15.6. The molecule has 1 aliphatic rings. The summed E-state index contributed by atoms with van der Waals surface area (Å²) in [6.07, 6.45) is 3.67. The molecule has 0 spiro atoms. The Morgan fingerprint density at radius 1 is 1.23 bits per heavy atom. The highest BCUT2D eigenvalue weighted by Crippen LogP contribution is 2.34. The molecule has 3 aromatic rings. The molecule has 26 heavy (non-hydrogen) atoms. The number of rotatable bonds is 3. The van der Waals surface area contributed by atoms with Gasteiger partial charge in [-0.3, -0.25) is 14.7 Å². The number of carbonyl (C=O) groups is 2. The van der Waals surface area contributed by atoms with Gasteiger partial charge in [-0.05, 0) is 23.8 Å². The quantitative estimate of drug-likeness (QED) is 0.675. The molecule has 0 N–H and O–H groups in total. The molecule has 0 saturated heterocycles. The number of benzene rings is 1. The van der Waals surface area contributed by atoms with Gasteiger partial charge in [0.2, 0.25) is 0 Å². The van der Waals surface area contributed by atoms with E-state index in [0.717, 1.165) is 5.56 Å². The van der Waals surface area contributed by atoms with E-state index in [-0.39, 0.29) is 5.69 Å². The summed E-state index contributed by atoms with van der Waals surface area (Å²) in [6, 6.07) is 11.8. The summed E-state index contributed by atoms with van der Waals surface area (Å²) in [6.45, 7) is 0. The lowest BCUT2D eigenvalue weighted by atomic mass is 10.1. The van der Waals surface area contributed by atoms with Crippen LogP contribution in [0, 0.1) is 0 Å². The van der Waals surface area contributed by atoms with Crippen molar-refractivity contribution in [3.05, 3.63) is 66.1 Å². The number of hydrogen-bond acceptors (Lipinski definition) is 6. The zero-order valence-electron chi connectivity index (χ0n) is 14.0. The molecule has 4 rings (SSSR count). The molecule has 0 aliphatic carbocycles. The predicted octanol–water partition coefficient (Wildman–Crippen LogP) is 2.48. The first-order valence-electron chi connectivity index (χ1n) is 8.05. The van der Waals surface area contributed by atoms with Gasteiger partial charge in [-0.2, -0.15) is 0 Å². The van der Waals surface area contributed by atoms with Crippen LogP contribution >= 0.6 is 0 Å². The fourth-order valence-corrected chi connectivity index (χ4v) is 3.11. The molecule has 1 amide bonds. The summed E-state index contributed by atoms with van der Waals surface area (Å²) in [4.78, 5) is 30.7. The van der Waals surface area contributed by atoms with Gasteiger partial charge >= 0.3 is 5.97 Å². The van der Waals surface area contributed by atoms with Crippen molar-refractivity contribution >= 4 is 17.6 Å². The van der Waals surface area contributed by atoms with Crippen molar-refractivity contribution in [3.8, 4) is 11.3 Å². The molecule has 7 nitrogen and oxygen atoms in total. The second-order valence-electron chi connectivity index (χ2n) is 5.87. The fourth-order valence-electron chi connectivity index (χ4n) is 3.11. The molecule has 1 aliphatic heterocycles. The molecular weight excluding hydrogens is 334 g/mol. The minimum Gasteiger partial charge on any atom is -0.467 e. The Bertz CT molecular complexity index is 968. The summed E-state index contributed by atoms with van der Waals surface area (Å²) in [7, 11) is 1.31. The van der Waals surface area contributed by atoms with Crippen molar-refractivity contribution in [1.82, 2.24) is 10.1 Å². The molecule has 130 valence electrons. The number of anilines is 1. The van der Waals surface area contributed by atoms with Crippen LogP contribution in [0.2, 0.25) is 0 Å². The number of nitrogens with zero attached hydrogens (tertiary/aromatic N) is 3. The van der Waals surface area contributed by atoms with Gasteiger partial charge in [-0.15, -0.1) is 0 Å². The molecule has 0 fully saturated rings. The smallest absolute Gasteiger partial charge is 0.329 e. The number of pyridine rings is 1. The lowest BCUT2D eigenvalue weighted by Gasteiger charge is -2.22. The third-order valence-electron chi connectivity index (χ3n) is 4.34. The summed E-state index contributed by atoms with van der Waals surface area (Å²) < 4.78 is 10.2. The standard InChI is InChI=1S/C19H15N3O4/c1-25-19(24)16-9-12-5-2-3-7-15(12)22(16)18(23)14-10-17(26-21-14)13-6-4-8-20-11-13/h2-8,10-11,16H,9H2,1H3/t16-/m1/s1. The van der Waals surface area contributed by atoms with Crippen LogP contribution in [0.15, 0.2) is 59.4 Å². The van der Waals surface area contributed by atoms with Gasteiger partial charge in [0.15, 0.2) is 11.5 Å². The lowest BCUT2D eigenvalue weighted by molar-refractivity contribution is -0.141. The Morgan fingerprint density at radius 2 is 2.08 bits per heavy atom. The van der Waals surface area contributed by atoms with Crippen LogP contribution in [-0.2, 0) is 16.0 Å². The van der Waals surface area contributed by atoms with Crippen LogP contribution in [0.1, 0.15) is 16.1 Å². The van der Waals surface area contributed by atoms with Gasteiger partial charge in [-0.1, -0.05) is 23.4 Å². The van der Waals surface area contributed by atoms with Crippen LogP contribution < -0.4 is 4.90 Å². The molecule has 0 saturated carbocycles. The van der Waals surface area contributed by atoms with Crippen LogP contribution in [-0.4, -0.2) is 35.2 Å². The van der Waals surface area contributed by atoms with E-state index in [1.165, 1.54) is 12.0 Å². The van der Waals surface area contributed by atoms with Crippen molar-refractivity contribution < 1.29 is 18.8 Å². The van der Waals surface area contributed by atoms with Crippen molar-refractivity contribution in [2.75, 3.05) is 12.0 Å². The maximum Gasteiger partial charge on any atom is 0.329 e. The van der Waals surface area contributed by atoms with Gasteiger partial charge in [0, 0.05) is 36.1 Å². The molecule has 1 aromatic carbocycles. The fraction of sp³-hybridized carbons (Fsp3) is 0.158. The maximum absolute atomic E-state index is 13.1. The number of amides is 1. The lowest BCUT2D eigenvalue weighted by Crippen LogP contribution is -2.43. The predicted molar refractivity (Wildman–Crippen MR) is 92.5 cm³/mol. The second kappa shape index (κ2) is 6.44. The van der Waals surface area contributed by atoms with Crippen molar-refractivity contribution in [2.45, 2.75) is 12.5 Å². The van der Waals surface area contributed by atoms with E-state index in [9.17, 15) is 9.59 Å². The van der Waals surface area contributed by atoms with Gasteiger partial charge in [-0.25, -0.2) is 4.79 Å². The van der Waals surface area contributed by atoms with Crippen molar-refractivity contribution in [2.24, 2.45) is 0 Å². The average Bonchev–Trinajstić information content (AvgIpc) is 3.32. The van der Waals surface area contributed by atoms with Gasteiger partial charge in [0.05, 0.1) is 7.11 Å². The average molecular weight is 349 g/mol. The van der Waals surface area contributed by atoms with E-state index in [4.69, 9.17) is 9.26 Å². The minimum atomic E-state index is -0.719. The number of fused-ring (bicyclic) bond motifs is 1. The molecule has 2 aromatic heterocycles. The number of aromatic nitrogens is 2. The van der Waals surface area contributed by atoms with E-state index < -0.39 is 17.9 Å². The minimum absolute atomic E-state index is 0.120. The Morgan fingerprint density at radius 3 is 2.85 bits per heavy atom. The second-order valence-corrected chi connectivity index (χ2v) is 5.87. The van der Waals surface area contributed by atoms with Crippen LogP contribution in [0.3, 0.4) is 0 Å². The van der Waals surface area contributed by atoms with Crippen molar-refractivity contribution in [3.63, 3.8) is 0 Å². The number of carbonyl (C=O) groups excluding carboxylic acids is 2. The first kappa shape index (κ1) is 16.0. The molecular formula is C19H15N3O4. The first-order chi connectivity index (χ1) is 12.7. The third kappa shape index (κ3) is 2.63. The molecule has 1 atom stereocenters. The van der Waals surface area contributed by atoms with Gasteiger partial charge < -0.3 is 9.26 Å². The number of para-hydroxylation sites is 1. The van der Waals surface area contributed by atoms with E-state index in [2.05, 4.69) is 10.1 Å². The van der Waals surface area contributed by atoms with Crippen LogP contribution in [0.25, 0.3) is 11.3 Å². The highest BCUT2D eigenvalue weighted by atomic mass is 16.5. The van der Waals surface area contributed by atoms with Crippen LogP contribution in [0.4, 0.5) is 5.69 Å². The largest absolute Gasteiger partial charge is 0.467 e. The Hall–Kier alpha value is -3.48. The zero-order valence-corrected chi connectivity index (χ0v) is 14.0. The number of methoxy groups -OCH3 is 1. The Balaban J connectivity index is 1.70. The maximum atomic E-state index is 13.1. The third-order valence-corrected chi connectivity index (χ3v) is 4.34. The van der Waals surface area contributed by atoms with Gasteiger partial charge in [0.25, 0.3) is 5.91 Å². The van der Waals surface area contributed by atoms with Crippen LogP contribution in [0.5, 0.6) is 0 Å². The highest BCUT2D eigenvalue weighted by Gasteiger charge is 2.40. The Kier molecular flexibility index (Phi) is 3.96. The zero-order chi connectivity index (χ0) is 18.1. The van der Waals surface area contributed by atoms with E-state index in [1.54, 1.807) is 30.6 Å². The van der Waals surface area contributed by atoms with Crippen molar-refractivity contribution in [1.29, 1.82) is 0 Å². The number of esters is 1. The van der Waals surface area contributed by atoms with Gasteiger partial charge in [0.1, 0.15) is 6.04 Å². The molecule has 0 bridgehead atoms. The topological polar surface area (TPSA) is 85.5 Å². The summed E-state index contributed by atoms with van der Waals surface area (Å²) in [5.74, 6) is -0.446.